The molecule has 0 amide bonds. The number of methoxy groups -OCH3 is 2. The van der Waals surface area contributed by atoms with Crippen LogP contribution in [-0.4, -0.2) is 38.9 Å². The molecule has 3 fully saturated rings. The van der Waals surface area contributed by atoms with E-state index < -0.39 is 0 Å². The van der Waals surface area contributed by atoms with Gasteiger partial charge in [0.2, 0.25) is 0 Å². The Hall–Kier alpha value is -3.42. The second-order valence-corrected chi connectivity index (χ2v) is 9.46. The minimum atomic E-state index is -0.348. The van der Waals surface area contributed by atoms with Gasteiger partial charge >= 0.3 is 11.9 Å². The third kappa shape index (κ3) is 10.9. The highest BCUT2D eigenvalue weighted by Gasteiger charge is 2.22. The largest absolute Gasteiger partial charge is 0.493 e. The van der Waals surface area contributed by atoms with Crippen molar-refractivity contribution in [3.05, 3.63) is 42.8 Å². The summed E-state index contributed by atoms with van der Waals surface area (Å²) in [5.41, 5.74) is 0. The summed E-state index contributed by atoms with van der Waals surface area (Å²) in [5, 5.41) is 0. The van der Waals surface area contributed by atoms with Crippen LogP contribution < -0.4 is 28.4 Å². The highest BCUT2D eigenvalue weighted by Crippen LogP contribution is 2.35. The van der Waals surface area contributed by atoms with E-state index in [1.165, 1.54) is 52.4 Å². The lowest BCUT2D eigenvalue weighted by Crippen LogP contribution is -2.11. The van der Waals surface area contributed by atoms with Gasteiger partial charge in [0.25, 0.3) is 0 Å². The molecule has 8 nitrogen and oxygen atoms in total. The zero-order valence-electron chi connectivity index (χ0n) is 22.8. The zero-order valence-corrected chi connectivity index (χ0v) is 22.8. The average Bonchev–Trinajstić information content (AvgIpc) is 3.83. The summed E-state index contributed by atoms with van der Waals surface area (Å²) in [6.45, 7) is 3.46. The van der Waals surface area contributed by atoms with Crippen molar-refractivity contribution in [2.45, 2.75) is 71.3 Å². The molecule has 3 aliphatic rings. The first kappa shape index (κ1) is 29.1. The normalized spacial score (nSPS) is 15.6. The first-order valence-corrected chi connectivity index (χ1v) is 13.2. The number of benzene rings is 2. The van der Waals surface area contributed by atoms with Crippen molar-refractivity contribution in [3.63, 3.8) is 0 Å². The number of carbonyl (C=O) groups is 2. The Labute approximate surface area is 225 Å². The quantitative estimate of drug-likeness (QED) is 0.276. The second kappa shape index (κ2) is 15.1. The molecular weight excluding hydrogens is 488 g/mol. The van der Waals surface area contributed by atoms with Crippen LogP contribution in [0.1, 0.15) is 65.2 Å². The van der Waals surface area contributed by atoms with E-state index in [2.05, 4.69) is 6.42 Å². The number of hydrogen-bond donors (Lipinski definition) is 0. The van der Waals surface area contributed by atoms with Gasteiger partial charge in [0.1, 0.15) is 11.5 Å². The molecule has 0 bridgehead atoms. The molecule has 1 radical (unpaired) electrons. The summed E-state index contributed by atoms with van der Waals surface area (Å²) in [7, 11) is 3.14. The van der Waals surface area contributed by atoms with Crippen LogP contribution in [-0.2, 0) is 9.59 Å². The summed E-state index contributed by atoms with van der Waals surface area (Å²) in [4.78, 5) is 21.7. The predicted octanol–water partition coefficient (Wildman–Crippen LogP) is 6.34. The van der Waals surface area contributed by atoms with Crippen LogP contribution in [0.15, 0.2) is 36.4 Å². The minimum Gasteiger partial charge on any atom is -0.493 e. The lowest BCUT2D eigenvalue weighted by molar-refractivity contribution is -0.132. The summed E-state index contributed by atoms with van der Waals surface area (Å²) in [6.07, 6.45) is 12.4. The van der Waals surface area contributed by atoms with Crippen LogP contribution >= 0.6 is 0 Å². The van der Waals surface area contributed by atoms with Crippen molar-refractivity contribution in [3.8, 4) is 34.5 Å². The van der Waals surface area contributed by atoms with Crippen molar-refractivity contribution in [1.82, 2.24) is 0 Å². The summed E-state index contributed by atoms with van der Waals surface area (Å²) in [6, 6.07) is 10.3. The van der Waals surface area contributed by atoms with Gasteiger partial charge in [-0.1, -0.05) is 0 Å². The molecule has 2 aromatic rings. The topological polar surface area (TPSA) is 89.5 Å². The van der Waals surface area contributed by atoms with E-state index in [-0.39, 0.29) is 18.0 Å². The fourth-order valence-corrected chi connectivity index (χ4v) is 3.65. The molecule has 0 atom stereocenters. The van der Waals surface area contributed by atoms with Crippen molar-refractivity contribution in [2.75, 3.05) is 20.8 Å². The van der Waals surface area contributed by atoms with Gasteiger partial charge in [-0.2, -0.15) is 0 Å². The molecule has 3 saturated carbocycles. The van der Waals surface area contributed by atoms with Crippen molar-refractivity contribution < 1.29 is 38.0 Å². The molecule has 0 aliphatic heterocycles. The molecule has 0 N–H and O–H groups in total. The maximum atomic E-state index is 10.9. The van der Waals surface area contributed by atoms with Gasteiger partial charge in [0, 0.05) is 26.0 Å². The van der Waals surface area contributed by atoms with E-state index in [9.17, 15) is 9.59 Å². The Morgan fingerprint density at radius 2 is 1.24 bits per heavy atom. The van der Waals surface area contributed by atoms with Crippen LogP contribution in [0.25, 0.3) is 0 Å². The Bertz CT molecular complexity index is 1040. The Kier molecular flexibility index (Phi) is 11.6. The fourth-order valence-electron chi connectivity index (χ4n) is 3.65. The van der Waals surface area contributed by atoms with Gasteiger partial charge in [-0.05, 0) is 88.0 Å². The third-order valence-electron chi connectivity index (χ3n) is 5.85. The summed E-state index contributed by atoms with van der Waals surface area (Å²) >= 11 is 0. The average molecular weight is 528 g/mol. The minimum absolute atomic E-state index is 0.276. The van der Waals surface area contributed by atoms with Crippen LogP contribution in [0.3, 0.4) is 0 Å². The summed E-state index contributed by atoms with van der Waals surface area (Å²) in [5.74, 6) is 3.51. The smallest absolute Gasteiger partial charge is 0.308 e. The molecule has 207 valence electrons. The van der Waals surface area contributed by atoms with E-state index in [1.54, 1.807) is 50.6 Å². The first-order chi connectivity index (χ1) is 18.4. The maximum absolute atomic E-state index is 10.9. The molecule has 0 aromatic heterocycles. The zero-order chi connectivity index (χ0) is 27.3. The summed E-state index contributed by atoms with van der Waals surface area (Å²) < 4.78 is 32.0. The lowest BCUT2D eigenvalue weighted by Gasteiger charge is -2.16. The Morgan fingerprint density at radius 1 is 0.737 bits per heavy atom. The molecule has 8 heteroatoms. The van der Waals surface area contributed by atoms with Crippen molar-refractivity contribution >= 4 is 11.9 Å². The number of hydrogen-bond acceptors (Lipinski definition) is 8. The second-order valence-electron chi connectivity index (χ2n) is 9.46. The van der Waals surface area contributed by atoms with E-state index >= 15 is 0 Å². The van der Waals surface area contributed by atoms with Gasteiger partial charge in [-0.3, -0.25) is 9.59 Å². The molecule has 0 saturated heterocycles. The van der Waals surface area contributed by atoms with Gasteiger partial charge in [-0.25, -0.2) is 0 Å². The number of ether oxygens (including phenoxy) is 6. The third-order valence-corrected chi connectivity index (χ3v) is 5.85. The molecular formula is C30H39O8. The highest BCUT2D eigenvalue weighted by atomic mass is 16.5. The number of rotatable bonds is 9. The van der Waals surface area contributed by atoms with Crippen molar-refractivity contribution in [2.24, 2.45) is 5.92 Å². The first-order valence-electron chi connectivity index (χ1n) is 13.2. The predicted molar refractivity (Wildman–Crippen MR) is 143 cm³/mol. The van der Waals surface area contributed by atoms with Crippen LogP contribution in [0.4, 0.5) is 0 Å². The molecule has 2 aromatic carbocycles. The standard InChI is InChI=1S/C14H18O4.C13H16O4.C3H5/c1-10(15)17-12-7-8-13(14(9-12)16-2)18-11-5-3-4-6-11;1-9(14)17-11-5-6-12(13(7-11)15-2)16-8-10-3-4-10;1-2-3-1/h7-9,11H,3-6H2,1-2H3;5-7,10H,3-4,8H2,1-2H3;1H,2-3H2. The van der Waals surface area contributed by atoms with Gasteiger partial charge in [-0.15, -0.1) is 0 Å². The lowest BCUT2D eigenvalue weighted by atomic mass is 10.2. The van der Waals surface area contributed by atoms with Gasteiger partial charge in [0.15, 0.2) is 23.0 Å². The van der Waals surface area contributed by atoms with E-state index in [4.69, 9.17) is 28.4 Å². The van der Waals surface area contributed by atoms with Crippen LogP contribution in [0.5, 0.6) is 34.5 Å². The maximum Gasteiger partial charge on any atom is 0.308 e. The monoisotopic (exact) mass is 527 g/mol. The molecule has 0 spiro atoms. The van der Waals surface area contributed by atoms with Crippen LogP contribution in [0.2, 0.25) is 0 Å². The Balaban J connectivity index is 0.000000189. The van der Waals surface area contributed by atoms with Gasteiger partial charge < -0.3 is 28.4 Å². The van der Waals surface area contributed by atoms with Crippen LogP contribution in [0, 0.1) is 12.3 Å². The molecule has 38 heavy (non-hydrogen) atoms. The number of esters is 2. The van der Waals surface area contributed by atoms with E-state index in [0.717, 1.165) is 19.4 Å². The van der Waals surface area contributed by atoms with E-state index in [1.807, 2.05) is 0 Å². The SMILES string of the molecule is COc1cc(OC(C)=O)ccc1OC1CCCC1.COc1cc(OC(C)=O)ccc1OCC1CC1.[CH]1CC1. The van der Waals surface area contributed by atoms with Gasteiger partial charge in [0.05, 0.1) is 26.9 Å². The highest BCUT2D eigenvalue weighted by molar-refractivity contribution is 5.70. The number of carbonyl (C=O) groups excluding carboxylic acids is 2. The van der Waals surface area contributed by atoms with Crippen molar-refractivity contribution in [1.29, 1.82) is 0 Å². The molecule has 5 rings (SSSR count). The molecule has 3 aliphatic carbocycles. The Morgan fingerprint density at radius 3 is 1.68 bits per heavy atom. The fraction of sp³-hybridized carbons (Fsp3) is 0.500. The molecule has 0 unspecified atom stereocenters. The van der Waals surface area contributed by atoms with E-state index in [0.29, 0.717) is 40.4 Å². The molecule has 0 heterocycles.